The molecule has 0 radical (unpaired) electrons. The highest BCUT2D eigenvalue weighted by atomic mass is 16.1. The smallest absolute Gasteiger partial charge is 0.126 e. The summed E-state index contributed by atoms with van der Waals surface area (Å²) in [4.78, 5) is 14.9. The zero-order chi connectivity index (χ0) is 9.90. The van der Waals surface area contributed by atoms with Crippen molar-refractivity contribution in [3.8, 4) is 0 Å². The zero-order valence-electron chi connectivity index (χ0n) is 8.45. The fraction of sp³-hybridized carbons (Fsp3) is 0.600. The molecule has 0 N–H and O–H groups in total. The predicted molar refractivity (Wildman–Crippen MR) is 51.5 cm³/mol. The minimum absolute atomic E-state index is 0.307. The first-order valence-corrected chi connectivity index (χ1v) is 4.55. The topological polar surface area (TPSA) is 34.9 Å². The van der Waals surface area contributed by atoms with Gasteiger partial charge in [-0.3, -0.25) is 0 Å². The highest BCUT2D eigenvalue weighted by molar-refractivity contribution is 5.58. The zero-order valence-corrected chi connectivity index (χ0v) is 8.45. The molecule has 0 saturated carbocycles. The quantitative estimate of drug-likeness (QED) is 0.661. The van der Waals surface area contributed by atoms with Crippen LogP contribution in [0.15, 0.2) is 12.4 Å². The third kappa shape index (κ3) is 2.41. The molecule has 13 heavy (non-hydrogen) atoms. The molecule has 3 heteroatoms. The van der Waals surface area contributed by atoms with Crippen molar-refractivity contribution in [3.05, 3.63) is 18.2 Å². The molecule has 0 aliphatic heterocycles. The molecule has 0 spiro atoms. The van der Waals surface area contributed by atoms with Crippen molar-refractivity contribution in [2.24, 2.45) is 5.41 Å². The van der Waals surface area contributed by atoms with Crippen LogP contribution in [0.1, 0.15) is 26.6 Å². The summed E-state index contributed by atoms with van der Waals surface area (Å²) in [6, 6.07) is 0. The van der Waals surface area contributed by atoms with Gasteiger partial charge in [0.1, 0.15) is 12.1 Å². The van der Waals surface area contributed by atoms with E-state index in [0.717, 1.165) is 18.7 Å². The van der Waals surface area contributed by atoms with Gasteiger partial charge in [-0.25, -0.2) is 4.98 Å². The van der Waals surface area contributed by atoms with Gasteiger partial charge >= 0.3 is 0 Å². The van der Waals surface area contributed by atoms with Crippen molar-refractivity contribution in [2.45, 2.75) is 33.7 Å². The molecule has 0 atom stereocenters. The third-order valence-electron chi connectivity index (χ3n) is 2.08. The number of rotatable bonds is 4. The van der Waals surface area contributed by atoms with Gasteiger partial charge in [-0.15, -0.1) is 0 Å². The summed E-state index contributed by atoms with van der Waals surface area (Å²) in [5.41, 5.74) is -0.307. The molecule has 3 nitrogen and oxygen atoms in total. The number of aryl methyl sites for hydroxylation is 1. The molecule has 0 unspecified atom stereocenters. The summed E-state index contributed by atoms with van der Waals surface area (Å²) in [7, 11) is 0. The molecule has 0 bridgehead atoms. The molecule has 0 aromatic carbocycles. The largest absolute Gasteiger partial charge is 0.335 e. The highest BCUT2D eigenvalue weighted by Crippen LogP contribution is 2.17. The van der Waals surface area contributed by atoms with Gasteiger partial charge in [-0.05, 0) is 6.92 Å². The Kier molecular flexibility index (Phi) is 2.86. The van der Waals surface area contributed by atoms with Crippen LogP contribution in [0.5, 0.6) is 0 Å². The number of aldehydes is 1. The average Bonchev–Trinajstić information content (AvgIpc) is 2.51. The maximum absolute atomic E-state index is 10.7. The molecule has 0 aliphatic carbocycles. The number of hydrogen-bond donors (Lipinski definition) is 0. The third-order valence-corrected chi connectivity index (χ3v) is 2.08. The van der Waals surface area contributed by atoms with Gasteiger partial charge in [0.05, 0.1) is 0 Å². The van der Waals surface area contributed by atoms with E-state index < -0.39 is 0 Å². The van der Waals surface area contributed by atoms with Crippen molar-refractivity contribution in [1.82, 2.24) is 9.55 Å². The maximum Gasteiger partial charge on any atom is 0.126 e. The van der Waals surface area contributed by atoms with Crippen LogP contribution >= 0.6 is 0 Å². The summed E-state index contributed by atoms with van der Waals surface area (Å²) in [5.74, 6) is 0.986. The molecule has 0 amide bonds. The number of carbonyl (C=O) groups excluding carboxylic acids is 1. The molecule has 0 fully saturated rings. The fourth-order valence-electron chi connectivity index (χ4n) is 1.24. The van der Waals surface area contributed by atoms with Gasteiger partial charge in [0.15, 0.2) is 0 Å². The molecule has 0 saturated heterocycles. The van der Waals surface area contributed by atoms with Gasteiger partial charge in [0.25, 0.3) is 0 Å². The van der Waals surface area contributed by atoms with Crippen molar-refractivity contribution >= 4 is 6.29 Å². The second-order valence-corrected chi connectivity index (χ2v) is 3.91. The highest BCUT2D eigenvalue weighted by Gasteiger charge is 2.19. The van der Waals surface area contributed by atoms with Crippen LogP contribution < -0.4 is 0 Å². The first-order valence-electron chi connectivity index (χ1n) is 4.55. The van der Waals surface area contributed by atoms with E-state index in [2.05, 4.69) is 16.5 Å². The Morgan fingerprint density at radius 1 is 1.62 bits per heavy atom. The Morgan fingerprint density at radius 3 is 2.85 bits per heavy atom. The van der Waals surface area contributed by atoms with Crippen molar-refractivity contribution in [3.63, 3.8) is 0 Å². The van der Waals surface area contributed by atoms with E-state index in [1.54, 1.807) is 6.20 Å². The summed E-state index contributed by atoms with van der Waals surface area (Å²) in [6.07, 6.45) is 5.41. The lowest BCUT2D eigenvalue weighted by Gasteiger charge is -2.16. The lowest BCUT2D eigenvalue weighted by Crippen LogP contribution is -2.19. The summed E-state index contributed by atoms with van der Waals surface area (Å²) in [5, 5.41) is 0. The minimum atomic E-state index is -0.307. The average molecular weight is 180 g/mol. The Labute approximate surface area is 78.8 Å². The molecule has 72 valence electrons. The Hall–Kier alpha value is -1.12. The first kappa shape index (κ1) is 9.96. The predicted octanol–water partition coefficient (Wildman–Crippen LogP) is 1.67. The van der Waals surface area contributed by atoms with Gasteiger partial charge in [0.2, 0.25) is 0 Å². The van der Waals surface area contributed by atoms with E-state index in [-0.39, 0.29) is 5.41 Å². The number of aromatic nitrogens is 2. The monoisotopic (exact) mass is 180 g/mol. The number of carbonyl (C=O) groups is 1. The molecule has 1 aromatic rings. The number of hydrogen-bond acceptors (Lipinski definition) is 2. The summed E-state index contributed by atoms with van der Waals surface area (Å²) < 4.78 is 2.06. The second-order valence-electron chi connectivity index (χ2n) is 3.91. The fourth-order valence-corrected chi connectivity index (χ4v) is 1.24. The lowest BCUT2D eigenvalue weighted by atomic mass is 9.91. The van der Waals surface area contributed by atoms with Crippen LogP contribution in [0, 0.1) is 5.41 Å². The van der Waals surface area contributed by atoms with Crippen LogP contribution in [-0.4, -0.2) is 15.8 Å². The van der Waals surface area contributed by atoms with Gasteiger partial charge in [-0.2, -0.15) is 0 Å². The SMILES string of the molecule is CCn1ccnc1CC(C)(C)C=O. The second kappa shape index (κ2) is 3.73. The molecular weight excluding hydrogens is 164 g/mol. The Balaban J connectivity index is 2.79. The van der Waals surface area contributed by atoms with E-state index in [4.69, 9.17) is 0 Å². The van der Waals surface area contributed by atoms with Crippen molar-refractivity contribution < 1.29 is 4.79 Å². The van der Waals surface area contributed by atoms with Crippen LogP contribution in [0.25, 0.3) is 0 Å². The van der Waals surface area contributed by atoms with Gasteiger partial charge in [-0.1, -0.05) is 13.8 Å². The minimum Gasteiger partial charge on any atom is -0.335 e. The van der Waals surface area contributed by atoms with Crippen molar-refractivity contribution in [1.29, 1.82) is 0 Å². The Bertz CT molecular complexity index is 289. The normalized spacial score (nSPS) is 11.6. The van der Waals surface area contributed by atoms with E-state index in [0.29, 0.717) is 6.42 Å². The standard InChI is InChI=1S/C10H16N2O/c1-4-12-6-5-11-9(12)7-10(2,3)8-13/h5-6,8H,4,7H2,1-3H3. The molecule has 1 heterocycles. The molecule has 1 rings (SSSR count). The van der Waals surface area contributed by atoms with Gasteiger partial charge < -0.3 is 9.36 Å². The number of nitrogens with zero attached hydrogens (tertiary/aromatic N) is 2. The van der Waals surface area contributed by atoms with Crippen molar-refractivity contribution in [2.75, 3.05) is 0 Å². The van der Waals surface area contributed by atoms with E-state index in [1.807, 2.05) is 20.0 Å². The van der Waals surface area contributed by atoms with Crippen LogP contribution in [0.4, 0.5) is 0 Å². The lowest BCUT2D eigenvalue weighted by molar-refractivity contribution is -0.114. The van der Waals surface area contributed by atoms with Crippen LogP contribution in [0.3, 0.4) is 0 Å². The van der Waals surface area contributed by atoms with E-state index >= 15 is 0 Å². The van der Waals surface area contributed by atoms with E-state index in [9.17, 15) is 4.79 Å². The summed E-state index contributed by atoms with van der Waals surface area (Å²) in [6.45, 7) is 6.83. The molecule has 1 aromatic heterocycles. The molecular formula is C10H16N2O. The summed E-state index contributed by atoms with van der Waals surface area (Å²) >= 11 is 0. The Morgan fingerprint density at radius 2 is 2.31 bits per heavy atom. The number of imidazole rings is 1. The first-order chi connectivity index (χ1) is 6.09. The van der Waals surface area contributed by atoms with E-state index in [1.165, 1.54) is 0 Å². The van der Waals surface area contributed by atoms with Crippen LogP contribution in [0.2, 0.25) is 0 Å². The maximum atomic E-state index is 10.7. The molecule has 0 aliphatic rings. The van der Waals surface area contributed by atoms with Gasteiger partial charge in [0, 0.05) is 30.8 Å². The van der Waals surface area contributed by atoms with Crippen LogP contribution in [-0.2, 0) is 17.8 Å².